The van der Waals surface area contributed by atoms with Gasteiger partial charge in [0, 0.05) is 22.7 Å². The molecule has 0 saturated heterocycles. The van der Waals surface area contributed by atoms with Gasteiger partial charge in [-0.05, 0) is 24.3 Å². The van der Waals surface area contributed by atoms with Crippen LogP contribution in [0.5, 0.6) is 0 Å². The Hall–Kier alpha value is -3.33. The van der Waals surface area contributed by atoms with E-state index in [0.29, 0.717) is 11.2 Å². The number of rotatable bonds is 5. The predicted octanol–water partition coefficient (Wildman–Crippen LogP) is 2.08. The molecule has 0 radical (unpaired) electrons. The first kappa shape index (κ1) is 17.1. The van der Waals surface area contributed by atoms with Crippen molar-refractivity contribution in [3.05, 3.63) is 72.4 Å². The number of nitrogens with two attached hydrogens (primary N) is 1. The molecule has 0 amide bonds. The van der Waals surface area contributed by atoms with Crippen LogP contribution in [0.25, 0.3) is 10.9 Å². The summed E-state index contributed by atoms with van der Waals surface area (Å²) in [6.07, 6.45) is 4.35. The molecule has 0 fully saturated rings. The maximum Gasteiger partial charge on any atom is 0.137 e. The van der Waals surface area contributed by atoms with Crippen LogP contribution < -0.4 is 5.73 Å². The molecule has 1 unspecified atom stereocenters. The van der Waals surface area contributed by atoms with Gasteiger partial charge in [-0.15, -0.1) is 0 Å². The molecule has 4 rings (SSSR count). The summed E-state index contributed by atoms with van der Waals surface area (Å²) in [4.78, 5) is 3.84. The molecule has 0 aliphatic rings. The van der Waals surface area contributed by atoms with Gasteiger partial charge in [-0.3, -0.25) is 4.68 Å². The van der Waals surface area contributed by atoms with Gasteiger partial charge >= 0.3 is 0 Å². The molecule has 2 aromatic carbocycles. The average Bonchev–Trinajstić information content (AvgIpc) is 3.25. The highest BCUT2D eigenvalue weighted by atomic mass is 19.1. The second kappa shape index (κ2) is 6.44. The fourth-order valence-corrected chi connectivity index (χ4v) is 3.13. The van der Waals surface area contributed by atoms with Crippen molar-refractivity contribution in [3.8, 4) is 0 Å². The van der Waals surface area contributed by atoms with Crippen molar-refractivity contribution in [2.75, 3.05) is 5.73 Å². The lowest BCUT2D eigenvalue weighted by Gasteiger charge is -2.29. The summed E-state index contributed by atoms with van der Waals surface area (Å²) in [6, 6.07) is 8.34. The van der Waals surface area contributed by atoms with Crippen molar-refractivity contribution in [1.82, 2.24) is 24.5 Å². The van der Waals surface area contributed by atoms with Gasteiger partial charge in [-0.1, -0.05) is 6.07 Å². The number of benzene rings is 2. The lowest BCUT2D eigenvalue weighted by molar-refractivity contribution is -0.00734. The molecule has 2 aromatic heterocycles. The fourth-order valence-electron chi connectivity index (χ4n) is 3.13. The minimum Gasteiger partial charge on any atom is -0.399 e. The maximum absolute atomic E-state index is 14.5. The normalized spacial score (nSPS) is 13.7. The number of aliphatic hydroxyl groups is 1. The van der Waals surface area contributed by atoms with Crippen LogP contribution in [0.4, 0.5) is 14.5 Å². The Bertz CT molecular complexity index is 1090. The van der Waals surface area contributed by atoms with Crippen molar-refractivity contribution in [2.45, 2.75) is 18.7 Å². The largest absolute Gasteiger partial charge is 0.399 e. The van der Waals surface area contributed by atoms with Crippen molar-refractivity contribution >= 4 is 16.6 Å². The molecule has 9 heteroatoms. The number of anilines is 1. The Kier molecular flexibility index (Phi) is 4.08. The van der Waals surface area contributed by atoms with E-state index in [9.17, 15) is 13.9 Å². The third-order valence-electron chi connectivity index (χ3n) is 4.40. The smallest absolute Gasteiger partial charge is 0.137 e. The van der Waals surface area contributed by atoms with E-state index in [0.717, 1.165) is 17.5 Å². The summed E-state index contributed by atoms with van der Waals surface area (Å²) in [5.41, 5.74) is 5.26. The van der Waals surface area contributed by atoms with Crippen LogP contribution in [0.2, 0.25) is 0 Å². The molecule has 0 aliphatic heterocycles. The van der Waals surface area contributed by atoms with Gasteiger partial charge in [0.1, 0.15) is 29.9 Å². The zero-order valence-corrected chi connectivity index (χ0v) is 14.1. The molecule has 3 N–H and O–H groups in total. The summed E-state index contributed by atoms with van der Waals surface area (Å²) in [6.45, 7) is -0.193. The summed E-state index contributed by atoms with van der Waals surface area (Å²) in [5.74, 6) is -1.58. The molecule has 0 bridgehead atoms. The number of aromatic nitrogens is 5. The second-order valence-corrected chi connectivity index (χ2v) is 6.37. The Morgan fingerprint density at radius 2 is 1.93 bits per heavy atom. The third-order valence-corrected chi connectivity index (χ3v) is 4.40. The lowest BCUT2D eigenvalue weighted by atomic mass is 9.92. The Morgan fingerprint density at radius 1 is 1.07 bits per heavy atom. The average molecular weight is 370 g/mol. The van der Waals surface area contributed by atoms with Crippen molar-refractivity contribution in [1.29, 1.82) is 0 Å². The van der Waals surface area contributed by atoms with E-state index in [2.05, 4.69) is 15.2 Å². The van der Waals surface area contributed by atoms with Crippen LogP contribution in [-0.4, -0.2) is 29.7 Å². The highest BCUT2D eigenvalue weighted by molar-refractivity contribution is 5.81. The SMILES string of the molecule is Nc1ccc2cnn(CC(O)(Cn3cncn3)c3ccc(F)cc3F)c2c1. The van der Waals surface area contributed by atoms with Gasteiger partial charge in [-0.2, -0.15) is 10.2 Å². The summed E-state index contributed by atoms with van der Waals surface area (Å²) < 4.78 is 30.8. The zero-order chi connectivity index (χ0) is 19.0. The fraction of sp³-hybridized carbons (Fsp3) is 0.167. The Balaban J connectivity index is 1.80. The Labute approximate surface area is 152 Å². The van der Waals surface area contributed by atoms with Crippen LogP contribution in [-0.2, 0) is 18.7 Å². The van der Waals surface area contributed by atoms with Gasteiger partial charge < -0.3 is 10.8 Å². The molecule has 0 saturated carbocycles. The van der Waals surface area contributed by atoms with E-state index >= 15 is 0 Å². The quantitative estimate of drug-likeness (QED) is 0.525. The Morgan fingerprint density at radius 3 is 2.67 bits per heavy atom. The number of nitrogens with zero attached hydrogens (tertiary/aromatic N) is 5. The number of hydrogen-bond acceptors (Lipinski definition) is 5. The third kappa shape index (κ3) is 3.24. The van der Waals surface area contributed by atoms with E-state index < -0.39 is 17.2 Å². The number of hydrogen-bond donors (Lipinski definition) is 2. The molecule has 0 spiro atoms. The number of halogens is 2. The minimum atomic E-state index is -1.75. The molecular formula is C18H16F2N6O. The lowest BCUT2D eigenvalue weighted by Crippen LogP contribution is -2.37. The summed E-state index contributed by atoms with van der Waals surface area (Å²) >= 11 is 0. The van der Waals surface area contributed by atoms with E-state index in [1.165, 1.54) is 28.1 Å². The van der Waals surface area contributed by atoms with Crippen molar-refractivity contribution in [2.24, 2.45) is 0 Å². The highest BCUT2D eigenvalue weighted by Gasteiger charge is 2.35. The first-order valence-electron chi connectivity index (χ1n) is 8.16. The maximum atomic E-state index is 14.5. The van der Waals surface area contributed by atoms with Crippen LogP contribution in [0.15, 0.2) is 55.2 Å². The van der Waals surface area contributed by atoms with E-state index in [4.69, 9.17) is 5.73 Å². The van der Waals surface area contributed by atoms with Gasteiger partial charge in [0.25, 0.3) is 0 Å². The monoisotopic (exact) mass is 370 g/mol. The molecule has 7 nitrogen and oxygen atoms in total. The van der Waals surface area contributed by atoms with Gasteiger partial charge in [0.05, 0.1) is 24.8 Å². The second-order valence-electron chi connectivity index (χ2n) is 6.37. The van der Waals surface area contributed by atoms with Gasteiger partial charge in [0.15, 0.2) is 0 Å². The predicted molar refractivity (Wildman–Crippen MR) is 94.4 cm³/mol. The molecule has 0 aliphatic carbocycles. The zero-order valence-electron chi connectivity index (χ0n) is 14.1. The number of fused-ring (bicyclic) bond motifs is 1. The van der Waals surface area contributed by atoms with Gasteiger partial charge in [-0.25, -0.2) is 18.4 Å². The summed E-state index contributed by atoms with van der Waals surface area (Å²) in [5, 5.41) is 20.5. The topological polar surface area (TPSA) is 94.8 Å². The van der Waals surface area contributed by atoms with E-state index in [1.54, 1.807) is 18.3 Å². The van der Waals surface area contributed by atoms with Gasteiger partial charge in [0.2, 0.25) is 0 Å². The first-order valence-corrected chi connectivity index (χ1v) is 8.16. The first-order chi connectivity index (χ1) is 12.9. The molecule has 2 heterocycles. The summed E-state index contributed by atoms with van der Waals surface area (Å²) in [7, 11) is 0. The van der Waals surface area contributed by atoms with Crippen molar-refractivity contribution < 1.29 is 13.9 Å². The van der Waals surface area contributed by atoms with Crippen LogP contribution >= 0.6 is 0 Å². The molecule has 27 heavy (non-hydrogen) atoms. The molecular weight excluding hydrogens is 354 g/mol. The van der Waals surface area contributed by atoms with E-state index in [1.807, 2.05) is 6.07 Å². The van der Waals surface area contributed by atoms with Crippen LogP contribution in [0.3, 0.4) is 0 Å². The molecule has 138 valence electrons. The van der Waals surface area contributed by atoms with Crippen LogP contribution in [0.1, 0.15) is 5.56 Å². The molecule has 4 aromatic rings. The number of nitrogen functional groups attached to an aromatic ring is 1. The highest BCUT2D eigenvalue weighted by Crippen LogP contribution is 2.30. The van der Waals surface area contributed by atoms with E-state index in [-0.39, 0.29) is 18.7 Å². The standard InChI is InChI=1S/C18H16F2N6O/c19-13-2-4-15(16(20)5-13)18(27,8-25-11-22-10-24-25)9-26-17-6-14(21)3-1-12(17)7-23-26/h1-7,10-11,27H,8-9,21H2. The molecule has 1 atom stereocenters. The van der Waals surface area contributed by atoms with Crippen molar-refractivity contribution in [3.63, 3.8) is 0 Å². The minimum absolute atomic E-state index is 0.0630. The van der Waals surface area contributed by atoms with Crippen LogP contribution in [0, 0.1) is 11.6 Å².